The van der Waals surface area contributed by atoms with E-state index in [1.807, 2.05) is 0 Å². The molecule has 0 bridgehead atoms. The highest BCUT2D eigenvalue weighted by atomic mass is 16.6. The van der Waals surface area contributed by atoms with E-state index < -0.39 is 6.10 Å². The lowest BCUT2D eigenvalue weighted by Gasteiger charge is -2.15. The minimum absolute atomic E-state index is 0.0630. The molecule has 0 aromatic rings. The number of hydrogen-bond acceptors (Lipinski definition) is 5. The number of hydrogen-bond donors (Lipinski definition) is 1. The number of unbranched alkanes of at least 4 members (excludes halogenated alkanes) is 39. The summed E-state index contributed by atoms with van der Waals surface area (Å²) >= 11 is 0. The number of carbonyl (C=O) groups is 2. The molecule has 0 spiro atoms. The number of rotatable bonds is 57. The van der Waals surface area contributed by atoms with Crippen molar-refractivity contribution in [1.82, 2.24) is 0 Å². The monoisotopic (exact) mass is 979 g/mol. The number of esters is 2. The third-order valence-electron chi connectivity index (χ3n) is 13.8. The predicted octanol–water partition coefficient (Wildman–Crippen LogP) is 21.0. The van der Waals surface area contributed by atoms with Gasteiger partial charge in [0.2, 0.25) is 0 Å². The first-order chi connectivity index (χ1) is 34.6. The molecule has 0 aromatic carbocycles. The molecule has 5 heteroatoms. The molecule has 0 saturated heterocycles. The molecule has 408 valence electrons. The van der Waals surface area contributed by atoms with E-state index in [1.54, 1.807) is 0 Å². The second-order valence-electron chi connectivity index (χ2n) is 20.8. The summed E-state index contributed by atoms with van der Waals surface area (Å²) in [5, 5.41) is 9.66. The Labute approximate surface area is 436 Å². The topological polar surface area (TPSA) is 72.8 Å². The number of allylic oxidation sites excluding steroid dienone is 10. The molecule has 0 amide bonds. The van der Waals surface area contributed by atoms with E-state index >= 15 is 0 Å². The lowest BCUT2D eigenvalue weighted by Crippen LogP contribution is -2.28. The minimum atomic E-state index is -0.771. The van der Waals surface area contributed by atoms with Crippen LogP contribution in [0, 0.1) is 0 Å². The molecule has 1 unspecified atom stereocenters. The van der Waals surface area contributed by atoms with Crippen molar-refractivity contribution in [1.29, 1.82) is 0 Å². The molecule has 0 rings (SSSR count). The molecule has 0 fully saturated rings. The van der Waals surface area contributed by atoms with Gasteiger partial charge in [0.1, 0.15) is 6.61 Å². The van der Waals surface area contributed by atoms with E-state index in [2.05, 4.69) is 74.6 Å². The molecule has 1 N–H and O–H groups in total. The lowest BCUT2D eigenvalue weighted by atomic mass is 10.0. The van der Waals surface area contributed by atoms with Gasteiger partial charge in [0.25, 0.3) is 0 Å². The van der Waals surface area contributed by atoms with Gasteiger partial charge in [-0.2, -0.15) is 0 Å². The third kappa shape index (κ3) is 58.2. The smallest absolute Gasteiger partial charge is 0.306 e. The van der Waals surface area contributed by atoms with E-state index in [0.29, 0.717) is 12.8 Å². The summed E-state index contributed by atoms with van der Waals surface area (Å²) in [7, 11) is 0. The van der Waals surface area contributed by atoms with Crippen molar-refractivity contribution in [3.8, 4) is 0 Å². The van der Waals surface area contributed by atoms with Gasteiger partial charge in [0.05, 0.1) is 6.61 Å². The number of ether oxygens (including phenoxy) is 2. The van der Waals surface area contributed by atoms with Crippen LogP contribution in [0.25, 0.3) is 0 Å². The van der Waals surface area contributed by atoms with Gasteiger partial charge < -0.3 is 14.6 Å². The molecule has 0 aliphatic heterocycles. The molecule has 0 heterocycles. The van der Waals surface area contributed by atoms with Gasteiger partial charge in [-0.15, -0.1) is 0 Å². The Balaban J connectivity index is 3.40. The Morgan fingerprint density at radius 3 is 0.943 bits per heavy atom. The fraction of sp³-hybridized carbons (Fsp3) is 0.815. The van der Waals surface area contributed by atoms with Crippen LogP contribution in [0.4, 0.5) is 0 Å². The van der Waals surface area contributed by atoms with Gasteiger partial charge >= 0.3 is 11.9 Å². The zero-order chi connectivity index (χ0) is 50.6. The first-order valence-electron chi connectivity index (χ1n) is 30.8. The maximum atomic E-state index is 12.3. The molecule has 0 aliphatic carbocycles. The van der Waals surface area contributed by atoms with Gasteiger partial charge in [-0.3, -0.25) is 9.59 Å². The van der Waals surface area contributed by atoms with Crippen molar-refractivity contribution < 1.29 is 24.2 Å². The fourth-order valence-electron chi connectivity index (χ4n) is 9.19. The van der Waals surface area contributed by atoms with Crippen LogP contribution >= 0.6 is 0 Å². The first-order valence-corrected chi connectivity index (χ1v) is 30.8. The van der Waals surface area contributed by atoms with E-state index in [9.17, 15) is 14.7 Å². The minimum Gasteiger partial charge on any atom is -0.462 e. The van der Waals surface area contributed by atoms with E-state index in [-0.39, 0.29) is 25.2 Å². The van der Waals surface area contributed by atoms with Gasteiger partial charge in [-0.05, 0) is 77.0 Å². The second kappa shape index (κ2) is 60.9. The van der Waals surface area contributed by atoms with Crippen molar-refractivity contribution in [2.75, 3.05) is 13.2 Å². The Morgan fingerprint density at radius 2 is 0.614 bits per heavy atom. The summed E-state index contributed by atoms with van der Waals surface area (Å²) in [6.07, 6.45) is 82.3. The summed E-state index contributed by atoms with van der Waals surface area (Å²) < 4.78 is 10.7. The molecule has 0 radical (unpaired) electrons. The van der Waals surface area contributed by atoms with Gasteiger partial charge in [-0.1, -0.05) is 293 Å². The summed E-state index contributed by atoms with van der Waals surface area (Å²) in [6, 6.07) is 0. The van der Waals surface area contributed by atoms with Crippen LogP contribution in [0.5, 0.6) is 0 Å². The van der Waals surface area contributed by atoms with Crippen LogP contribution in [0.3, 0.4) is 0 Å². The number of aliphatic hydroxyl groups is 1. The Morgan fingerprint density at radius 1 is 0.343 bits per heavy atom. The Bertz CT molecular complexity index is 1200. The highest BCUT2D eigenvalue weighted by Gasteiger charge is 2.16. The molecule has 0 aromatic heterocycles. The second-order valence-corrected chi connectivity index (χ2v) is 20.8. The van der Waals surface area contributed by atoms with Crippen LogP contribution in [0.2, 0.25) is 0 Å². The highest BCUT2D eigenvalue weighted by molar-refractivity contribution is 5.70. The SMILES string of the molecule is CC/C=C\C/C=C\C/C=C\C/C=C\CCCCCCCCCCCCCCCCCCCCCCCCCCC(=O)OC(CO)COC(=O)CCCCCCCCCCC/C=C\CCCCCCCC. The van der Waals surface area contributed by atoms with Crippen molar-refractivity contribution in [3.63, 3.8) is 0 Å². The standard InChI is InChI=1S/C65H118O5/c1-3-5-7-9-11-13-15-17-19-21-23-24-25-26-27-28-29-30-31-32-33-34-35-36-37-38-39-40-42-44-46-48-50-52-54-56-58-60-65(68)70-63(61-66)62-69-64(67)59-57-55-53-51-49-47-45-43-41-22-20-18-16-14-12-10-8-6-4-2/h5,7,11,13,17-20,23-24,63,66H,3-4,6,8-10,12,14-16,21-22,25-62H2,1-2H3/b7-5-,13-11-,19-17-,20-18-,24-23-. The van der Waals surface area contributed by atoms with Crippen LogP contribution in [0.1, 0.15) is 322 Å². The summed E-state index contributed by atoms with van der Waals surface area (Å²) in [5.74, 6) is -0.577. The van der Waals surface area contributed by atoms with E-state index in [4.69, 9.17) is 9.47 Å². The molecule has 0 saturated carbocycles. The molecular formula is C65H118O5. The van der Waals surface area contributed by atoms with E-state index in [0.717, 1.165) is 64.2 Å². The maximum Gasteiger partial charge on any atom is 0.306 e. The Kier molecular flexibility index (Phi) is 58.8. The van der Waals surface area contributed by atoms with Crippen molar-refractivity contribution in [3.05, 3.63) is 60.8 Å². The maximum absolute atomic E-state index is 12.3. The molecule has 5 nitrogen and oxygen atoms in total. The fourth-order valence-corrected chi connectivity index (χ4v) is 9.19. The van der Waals surface area contributed by atoms with E-state index in [1.165, 1.54) is 231 Å². The van der Waals surface area contributed by atoms with Crippen LogP contribution in [-0.4, -0.2) is 36.4 Å². The third-order valence-corrected chi connectivity index (χ3v) is 13.8. The molecular weight excluding hydrogens is 861 g/mol. The predicted molar refractivity (Wildman–Crippen MR) is 307 cm³/mol. The van der Waals surface area contributed by atoms with Crippen LogP contribution in [0.15, 0.2) is 60.8 Å². The Hall–Kier alpha value is -2.40. The highest BCUT2D eigenvalue weighted by Crippen LogP contribution is 2.18. The average Bonchev–Trinajstić information content (AvgIpc) is 3.36. The average molecular weight is 980 g/mol. The molecule has 1 atom stereocenters. The van der Waals surface area contributed by atoms with Gasteiger partial charge in [-0.25, -0.2) is 0 Å². The van der Waals surface area contributed by atoms with Gasteiger partial charge in [0.15, 0.2) is 6.10 Å². The normalized spacial score (nSPS) is 12.6. The zero-order valence-electron chi connectivity index (χ0n) is 46.8. The largest absolute Gasteiger partial charge is 0.462 e. The lowest BCUT2D eigenvalue weighted by molar-refractivity contribution is -0.161. The van der Waals surface area contributed by atoms with Crippen molar-refractivity contribution >= 4 is 11.9 Å². The number of carbonyl (C=O) groups excluding carboxylic acids is 2. The zero-order valence-corrected chi connectivity index (χ0v) is 46.8. The summed E-state index contributed by atoms with van der Waals surface area (Å²) in [5.41, 5.74) is 0. The molecule has 0 aliphatic rings. The summed E-state index contributed by atoms with van der Waals surface area (Å²) in [6.45, 7) is 4.06. The van der Waals surface area contributed by atoms with Crippen molar-refractivity contribution in [2.45, 2.75) is 328 Å². The first kappa shape index (κ1) is 67.6. The quantitative estimate of drug-likeness (QED) is 0.0373. The molecule has 70 heavy (non-hydrogen) atoms. The van der Waals surface area contributed by atoms with Gasteiger partial charge in [0, 0.05) is 12.8 Å². The summed E-state index contributed by atoms with van der Waals surface area (Å²) in [4.78, 5) is 24.5. The van der Waals surface area contributed by atoms with Crippen molar-refractivity contribution in [2.24, 2.45) is 0 Å². The number of aliphatic hydroxyl groups excluding tert-OH is 1. The van der Waals surface area contributed by atoms with Crippen LogP contribution < -0.4 is 0 Å². The van der Waals surface area contributed by atoms with Crippen LogP contribution in [-0.2, 0) is 19.1 Å².